The molecule has 0 spiro atoms. The molecule has 1 aromatic rings. The first kappa shape index (κ1) is 17.1. The summed E-state index contributed by atoms with van der Waals surface area (Å²) >= 11 is 1.98. The van der Waals surface area contributed by atoms with Crippen LogP contribution in [0.25, 0.3) is 0 Å². The summed E-state index contributed by atoms with van der Waals surface area (Å²) in [7, 11) is 0. The molecular formula is C14H24BaS. The van der Waals surface area contributed by atoms with Gasteiger partial charge < -0.3 is 0 Å². The van der Waals surface area contributed by atoms with Gasteiger partial charge in [-0.2, -0.15) is 0 Å². The molecule has 0 saturated heterocycles. The Morgan fingerprint density at radius 1 is 0.875 bits per heavy atom. The molecule has 1 aromatic carbocycles. The summed E-state index contributed by atoms with van der Waals surface area (Å²) in [6.07, 6.45) is 8.36. The van der Waals surface area contributed by atoms with Gasteiger partial charge in [-0.15, -0.1) is 11.8 Å². The van der Waals surface area contributed by atoms with E-state index in [4.69, 9.17) is 0 Å². The van der Waals surface area contributed by atoms with E-state index < -0.39 is 0 Å². The molecule has 0 N–H and O–H groups in total. The Hall–Kier alpha value is 1.14. The predicted molar refractivity (Wildman–Crippen MR) is 79.1 cm³/mol. The summed E-state index contributed by atoms with van der Waals surface area (Å²) in [6, 6.07) is 10.7. The summed E-state index contributed by atoms with van der Waals surface area (Å²) in [5.74, 6) is 1.27. The monoisotopic (exact) mass is 362 g/mol. The van der Waals surface area contributed by atoms with E-state index in [-0.39, 0.29) is 48.9 Å². The maximum atomic E-state index is 2.27. The zero-order valence-electron chi connectivity index (χ0n) is 9.74. The molecule has 0 heterocycles. The van der Waals surface area contributed by atoms with Crippen molar-refractivity contribution in [3.8, 4) is 0 Å². The molecule has 0 saturated carbocycles. The molecule has 0 atom stereocenters. The summed E-state index contributed by atoms with van der Waals surface area (Å²) in [5, 5.41) is 0. The van der Waals surface area contributed by atoms with E-state index in [1.165, 1.54) is 49.2 Å². The van der Waals surface area contributed by atoms with Gasteiger partial charge in [-0.3, -0.25) is 0 Å². The number of hydrogen-bond donors (Lipinski definition) is 0. The van der Waals surface area contributed by atoms with E-state index in [1.807, 2.05) is 11.8 Å². The van der Waals surface area contributed by atoms with Gasteiger partial charge in [0.2, 0.25) is 0 Å². The van der Waals surface area contributed by atoms with Crippen LogP contribution in [0.1, 0.15) is 45.4 Å². The van der Waals surface area contributed by atoms with Crippen molar-refractivity contribution >= 4 is 60.6 Å². The average Bonchev–Trinajstić information content (AvgIpc) is 2.29. The van der Waals surface area contributed by atoms with E-state index >= 15 is 0 Å². The fraction of sp³-hybridized carbons (Fsp3) is 0.571. The number of benzene rings is 1. The first-order chi connectivity index (χ1) is 7.43. The van der Waals surface area contributed by atoms with Crippen LogP contribution >= 0.6 is 11.8 Å². The molecule has 16 heavy (non-hydrogen) atoms. The van der Waals surface area contributed by atoms with Crippen molar-refractivity contribution in [3.63, 3.8) is 0 Å². The molecule has 0 aliphatic heterocycles. The summed E-state index contributed by atoms with van der Waals surface area (Å²) in [6.45, 7) is 2.27. The van der Waals surface area contributed by atoms with Gasteiger partial charge in [0.1, 0.15) is 0 Å². The second-order valence-corrected chi connectivity index (χ2v) is 5.10. The zero-order valence-corrected chi connectivity index (χ0v) is 10.6. The van der Waals surface area contributed by atoms with Crippen molar-refractivity contribution in [3.05, 3.63) is 30.3 Å². The predicted octanol–water partition coefficient (Wildman–Crippen LogP) is 4.22. The van der Waals surface area contributed by atoms with Crippen molar-refractivity contribution in [1.29, 1.82) is 0 Å². The molecule has 0 aliphatic carbocycles. The molecule has 0 aliphatic rings. The molecule has 1 rings (SSSR count). The zero-order chi connectivity index (χ0) is 10.8. The third-order valence-electron chi connectivity index (χ3n) is 2.51. The number of hydrogen-bond acceptors (Lipinski definition) is 1. The minimum atomic E-state index is 0. The molecule has 2 heteroatoms. The molecule has 0 fully saturated rings. The normalized spacial score (nSPS) is 9.81. The van der Waals surface area contributed by atoms with E-state index in [0.717, 1.165) is 0 Å². The van der Waals surface area contributed by atoms with Crippen LogP contribution in [0.2, 0.25) is 0 Å². The van der Waals surface area contributed by atoms with Crippen LogP contribution in [0.3, 0.4) is 0 Å². The Bertz CT molecular complexity index is 236. The van der Waals surface area contributed by atoms with E-state index in [2.05, 4.69) is 37.3 Å². The average molecular weight is 362 g/mol. The fourth-order valence-electron chi connectivity index (χ4n) is 1.59. The Morgan fingerprint density at radius 2 is 1.50 bits per heavy atom. The van der Waals surface area contributed by atoms with E-state index in [9.17, 15) is 0 Å². The van der Waals surface area contributed by atoms with E-state index in [1.54, 1.807) is 0 Å². The van der Waals surface area contributed by atoms with Gasteiger partial charge in [0.15, 0.2) is 0 Å². The molecule has 0 unspecified atom stereocenters. The van der Waals surface area contributed by atoms with Crippen molar-refractivity contribution < 1.29 is 0 Å². The van der Waals surface area contributed by atoms with Crippen molar-refractivity contribution in [2.75, 3.05) is 5.75 Å². The molecular weight excluding hydrogens is 338 g/mol. The van der Waals surface area contributed by atoms with Crippen LogP contribution in [-0.4, -0.2) is 54.6 Å². The number of thioether (sulfide) groups is 1. The first-order valence-corrected chi connectivity index (χ1v) is 7.10. The quantitative estimate of drug-likeness (QED) is 0.379. The van der Waals surface area contributed by atoms with Gasteiger partial charge in [0, 0.05) is 4.90 Å². The summed E-state index contributed by atoms with van der Waals surface area (Å²) in [5.41, 5.74) is 0. The molecule has 0 radical (unpaired) electrons. The SMILES string of the molecule is CCCCCCCCSc1ccccc1.[BaH2]. The van der Waals surface area contributed by atoms with E-state index in [0.29, 0.717) is 0 Å². The van der Waals surface area contributed by atoms with Crippen LogP contribution in [0.15, 0.2) is 35.2 Å². The van der Waals surface area contributed by atoms with Crippen LogP contribution in [0, 0.1) is 0 Å². The van der Waals surface area contributed by atoms with Crippen LogP contribution < -0.4 is 0 Å². The number of unbranched alkanes of at least 4 members (excludes halogenated alkanes) is 5. The van der Waals surface area contributed by atoms with Crippen LogP contribution in [0.4, 0.5) is 0 Å². The van der Waals surface area contributed by atoms with Gasteiger partial charge in [-0.05, 0) is 24.3 Å². The summed E-state index contributed by atoms with van der Waals surface area (Å²) in [4.78, 5) is 1.41. The molecule has 0 bridgehead atoms. The van der Waals surface area contributed by atoms with Crippen molar-refractivity contribution in [1.82, 2.24) is 0 Å². The van der Waals surface area contributed by atoms with Crippen molar-refractivity contribution in [2.45, 2.75) is 50.3 Å². The third kappa shape index (κ3) is 9.20. The number of rotatable bonds is 8. The molecule has 0 nitrogen and oxygen atoms in total. The Labute approximate surface area is 145 Å². The first-order valence-electron chi connectivity index (χ1n) is 6.11. The Kier molecular flexibility index (Phi) is 13.5. The second-order valence-electron chi connectivity index (χ2n) is 3.93. The summed E-state index contributed by atoms with van der Waals surface area (Å²) < 4.78 is 0. The third-order valence-corrected chi connectivity index (χ3v) is 3.61. The van der Waals surface area contributed by atoms with Gasteiger partial charge in [-0.25, -0.2) is 0 Å². The Morgan fingerprint density at radius 3 is 2.19 bits per heavy atom. The van der Waals surface area contributed by atoms with Gasteiger partial charge in [0.25, 0.3) is 0 Å². The second kappa shape index (κ2) is 12.6. The van der Waals surface area contributed by atoms with Gasteiger partial charge in [-0.1, -0.05) is 57.2 Å². The molecule has 88 valence electrons. The minimum absolute atomic E-state index is 0. The topological polar surface area (TPSA) is 0 Å². The van der Waals surface area contributed by atoms with Gasteiger partial charge in [0.05, 0.1) is 0 Å². The Balaban J connectivity index is 0.00000225. The van der Waals surface area contributed by atoms with Crippen LogP contribution in [0.5, 0.6) is 0 Å². The molecule has 0 aromatic heterocycles. The van der Waals surface area contributed by atoms with Crippen LogP contribution in [-0.2, 0) is 0 Å². The maximum absolute atomic E-state index is 2.27. The molecule has 0 amide bonds. The standard InChI is InChI=1S/C14H22S.Ba.2H/c1-2-3-4-5-6-10-13-15-14-11-8-7-9-12-14;;;/h7-9,11-12H,2-6,10,13H2,1H3;;;. The fourth-order valence-corrected chi connectivity index (χ4v) is 2.52. The van der Waals surface area contributed by atoms with Gasteiger partial charge >= 0.3 is 48.9 Å². The van der Waals surface area contributed by atoms with Crippen molar-refractivity contribution in [2.24, 2.45) is 0 Å².